The molecule has 0 N–H and O–H groups in total. The zero-order valence-corrected chi connectivity index (χ0v) is 14.1. The van der Waals surface area contributed by atoms with E-state index in [4.69, 9.17) is 0 Å². The minimum absolute atomic E-state index is 0.0225. The van der Waals surface area contributed by atoms with E-state index in [0.717, 1.165) is 41.7 Å². The number of fused-ring (bicyclic) bond motifs is 3. The van der Waals surface area contributed by atoms with Gasteiger partial charge in [0.25, 0.3) is 5.91 Å². The van der Waals surface area contributed by atoms with Gasteiger partial charge in [-0.15, -0.1) is 5.10 Å². The number of nitrogens with zero attached hydrogens (tertiary/aromatic N) is 5. The smallest absolute Gasteiger partial charge is 0.276 e. The van der Waals surface area contributed by atoms with Crippen LogP contribution in [-0.2, 0) is 0 Å². The Morgan fingerprint density at radius 3 is 2.92 bits per heavy atom. The average Bonchev–Trinajstić information content (AvgIpc) is 3.36. The lowest BCUT2D eigenvalue weighted by molar-refractivity contribution is 0.0696. The molecule has 1 aliphatic carbocycles. The van der Waals surface area contributed by atoms with Gasteiger partial charge in [-0.2, -0.15) is 0 Å². The number of carbonyl (C=O) groups excluding carboxylic acids is 1. The minimum atomic E-state index is 0.0225. The van der Waals surface area contributed by atoms with Crippen LogP contribution in [0.3, 0.4) is 0 Å². The fourth-order valence-electron chi connectivity index (χ4n) is 4.34. The molecule has 6 nitrogen and oxygen atoms in total. The molecule has 0 radical (unpaired) electrons. The second-order valence-corrected chi connectivity index (χ2v) is 7.07. The van der Waals surface area contributed by atoms with Crippen LogP contribution in [0.4, 0.5) is 0 Å². The molecule has 1 saturated heterocycles. The van der Waals surface area contributed by atoms with Crippen molar-refractivity contribution in [2.45, 2.75) is 32.2 Å². The summed E-state index contributed by atoms with van der Waals surface area (Å²) in [5.41, 5.74) is 3.05. The third-order valence-corrected chi connectivity index (χ3v) is 5.62. The number of hydrogen-bond acceptors (Lipinski definition) is 4. The third-order valence-electron chi connectivity index (χ3n) is 5.62. The van der Waals surface area contributed by atoms with Gasteiger partial charge in [0.2, 0.25) is 0 Å². The molecule has 3 aromatic rings. The summed E-state index contributed by atoms with van der Waals surface area (Å²) in [5.74, 6) is 0.697. The van der Waals surface area contributed by atoms with E-state index < -0.39 is 0 Å². The molecule has 1 amide bonds. The van der Waals surface area contributed by atoms with Crippen molar-refractivity contribution in [3.63, 3.8) is 0 Å². The molecule has 1 aromatic carbocycles. The van der Waals surface area contributed by atoms with Crippen LogP contribution in [0.1, 0.15) is 35.4 Å². The largest absolute Gasteiger partial charge is 0.334 e. The van der Waals surface area contributed by atoms with Crippen molar-refractivity contribution in [1.82, 2.24) is 24.9 Å². The predicted molar refractivity (Wildman–Crippen MR) is 93.6 cm³/mol. The van der Waals surface area contributed by atoms with Crippen molar-refractivity contribution < 1.29 is 4.79 Å². The highest BCUT2D eigenvalue weighted by molar-refractivity contribution is 5.94. The molecule has 2 aliphatic rings. The van der Waals surface area contributed by atoms with Crippen LogP contribution in [0.25, 0.3) is 16.6 Å². The number of amides is 1. The van der Waals surface area contributed by atoms with E-state index in [-0.39, 0.29) is 5.91 Å². The normalized spacial score (nSPS) is 22.0. The first-order valence-corrected chi connectivity index (χ1v) is 8.80. The van der Waals surface area contributed by atoms with Crippen molar-refractivity contribution in [3.05, 3.63) is 47.9 Å². The molecular formula is C19H19N5O. The SMILES string of the molecule is Cc1c(C(=O)N2C[C@@H]3CC[C@@H]2C3)nnn1-c1cccc2ncccc12. The van der Waals surface area contributed by atoms with Gasteiger partial charge >= 0.3 is 0 Å². The van der Waals surface area contributed by atoms with Gasteiger partial charge in [0.05, 0.1) is 16.9 Å². The maximum atomic E-state index is 13.0. The predicted octanol–water partition coefficient (Wildman–Crippen LogP) is 2.75. The molecule has 2 bridgehead atoms. The van der Waals surface area contributed by atoms with Crippen molar-refractivity contribution in [2.24, 2.45) is 5.92 Å². The highest BCUT2D eigenvalue weighted by Gasteiger charge is 2.41. The molecule has 5 rings (SSSR count). The molecule has 0 spiro atoms. The van der Waals surface area contributed by atoms with E-state index in [2.05, 4.69) is 15.3 Å². The maximum Gasteiger partial charge on any atom is 0.276 e. The third kappa shape index (κ3) is 2.17. The van der Waals surface area contributed by atoms with Crippen LogP contribution in [-0.4, -0.2) is 43.4 Å². The molecule has 2 aromatic heterocycles. The fraction of sp³-hybridized carbons (Fsp3) is 0.368. The molecule has 25 heavy (non-hydrogen) atoms. The fourth-order valence-corrected chi connectivity index (χ4v) is 4.34. The van der Waals surface area contributed by atoms with Gasteiger partial charge in [0.1, 0.15) is 0 Å². The summed E-state index contributed by atoms with van der Waals surface area (Å²) in [6.45, 7) is 2.78. The molecular weight excluding hydrogens is 314 g/mol. The van der Waals surface area contributed by atoms with E-state index in [1.165, 1.54) is 6.42 Å². The van der Waals surface area contributed by atoms with E-state index >= 15 is 0 Å². The number of hydrogen-bond donors (Lipinski definition) is 0. The Balaban J connectivity index is 1.55. The molecule has 3 heterocycles. The highest BCUT2D eigenvalue weighted by atomic mass is 16.2. The topological polar surface area (TPSA) is 63.9 Å². The quantitative estimate of drug-likeness (QED) is 0.723. The Labute approximate surface area is 145 Å². The summed E-state index contributed by atoms with van der Waals surface area (Å²) >= 11 is 0. The second-order valence-electron chi connectivity index (χ2n) is 7.07. The monoisotopic (exact) mass is 333 g/mol. The first-order valence-electron chi connectivity index (χ1n) is 8.80. The summed E-state index contributed by atoms with van der Waals surface area (Å²) in [4.78, 5) is 19.4. The highest BCUT2D eigenvalue weighted by Crippen LogP contribution is 2.38. The molecule has 0 unspecified atom stereocenters. The summed E-state index contributed by atoms with van der Waals surface area (Å²) in [7, 11) is 0. The lowest BCUT2D eigenvalue weighted by Crippen LogP contribution is -2.38. The van der Waals surface area contributed by atoms with Gasteiger partial charge in [-0.25, -0.2) is 4.68 Å². The summed E-state index contributed by atoms with van der Waals surface area (Å²) in [5, 5.41) is 9.51. The van der Waals surface area contributed by atoms with Gasteiger partial charge in [0.15, 0.2) is 5.69 Å². The lowest BCUT2D eigenvalue weighted by Gasteiger charge is -2.26. The molecule has 2 fully saturated rings. The van der Waals surface area contributed by atoms with Gasteiger partial charge in [-0.1, -0.05) is 11.3 Å². The van der Waals surface area contributed by atoms with Crippen LogP contribution in [0.5, 0.6) is 0 Å². The summed E-state index contributed by atoms with van der Waals surface area (Å²) < 4.78 is 1.76. The molecule has 126 valence electrons. The number of benzene rings is 1. The minimum Gasteiger partial charge on any atom is -0.334 e. The Bertz CT molecular complexity index is 974. The van der Waals surface area contributed by atoms with E-state index in [0.29, 0.717) is 17.7 Å². The zero-order valence-electron chi connectivity index (χ0n) is 14.1. The van der Waals surface area contributed by atoms with E-state index in [9.17, 15) is 4.79 Å². The second kappa shape index (κ2) is 5.37. The first-order chi connectivity index (χ1) is 12.2. The van der Waals surface area contributed by atoms with Crippen LogP contribution >= 0.6 is 0 Å². The van der Waals surface area contributed by atoms with E-state index in [1.54, 1.807) is 10.9 Å². The van der Waals surface area contributed by atoms with Crippen LogP contribution in [0, 0.1) is 12.8 Å². The number of likely N-dealkylation sites (tertiary alicyclic amines) is 1. The number of rotatable bonds is 2. The number of piperidine rings is 1. The van der Waals surface area contributed by atoms with Gasteiger partial charge < -0.3 is 4.90 Å². The Hall–Kier alpha value is -2.76. The molecule has 1 saturated carbocycles. The number of pyridine rings is 1. The van der Waals surface area contributed by atoms with Crippen molar-refractivity contribution >= 4 is 16.8 Å². The van der Waals surface area contributed by atoms with Gasteiger partial charge in [-0.05, 0) is 56.4 Å². The Morgan fingerprint density at radius 1 is 1.20 bits per heavy atom. The Morgan fingerprint density at radius 2 is 2.12 bits per heavy atom. The zero-order chi connectivity index (χ0) is 17.0. The number of carbonyl (C=O) groups is 1. The summed E-state index contributed by atoms with van der Waals surface area (Å²) in [6.07, 6.45) is 5.30. The maximum absolute atomic E-state index is 13.0. The summed E-state index contributed by atoms with van der Waals surface area (Å²) in [6, 6.07) is 10.2. The van der Waals surface area contributed by atoms with E-state index in [1.807, 2.05) is 42.2 Å². The van der Waals surface area contributed by atoms with Crippen molar-refractivity contribution in [2.75, 3.05) is 6.54 Å². The lowest BCUT2D eigenvalue weighted by atomic mass is 10.1. The van der Waals surface area contributed by atoms with Crippen molar-refractivity contribution in [1.29, 1.82) is 0 Å². The molecule has 2 atom stereocenters. The van der Waals surface area contributed by atoms with Crippen LogP contribution < -0.4 is 0 Å². The molecule has 6 heteroatoms. The Kier molecular flexibility index (Phi) is 3.13. The first kappa shape index (κ1) is 14.6. The van der Waals surface area contributed by atoms with Gasteiger partial charge in [0, 0.05) is 24.2 Å². The molecule has 1 aliphatic heterocycles. The van der Waals surface area contributed by atoms with Gasteiger partial charge in [-0.3, -0.25) is 9.78 Å². The van der Waals surface area contributed by atoms with Crippen molar-refractivity contribution in [3.8, 4) is 5.69 Å². The van der Waals surface area contributed by atoms with Crippen LogP contribution in [0.2, 0.25) is 0 Å². The average molecular weight is 333 g/mol. The van der Waals surface area contributed by atoms with Crippen LogP contribution in [0.15, 0.2) is 36.5 Å². The standard InChI is InChI=1S/C19H19N5O/c1-12-18(19(25)23-11-13-7-8-14(23)10-13)21-22-24(12)17-6-2-5-16-15(17)4-3-9-20-16/h2-6,9,13-14H,7-8,10-11H2,1H3/t13-,14-/m1/s1. The number of aromatic nitrogens is 4.